The van der Waals surface area contributed by atoms with Gasteiger partial charge in [0.05, 0.1) is 30.5 Å². The lowest BCUT2D eigenvalue weighted by molar-refractivity contribution is 0.0109. The fraction of sp³-hybridized carbons (Fsp3) is 0.720. The molecule has 2 atom stereocenters. The maximum Gasteiger partial charge on any atom is 0.410 e. The lowest BCUT2D eigenvalue weighted by Crippen LogP contribution is -2.43. The molecule has 9 heteroatoms. The number of carbonyl (C=O) groups excluding carboxylic acids is 1. The van der Waals surface area contributed by atoms with Gasteiger partial charge in [-0.2, -0.15) is 0 Å². The summed E-state index contributed by atoms with van der Waals surface area (Å²) in [6.07, 6.45) is 5.05. The van der Waals surface area contributed by atoms with Crippen LogP contribution in [0, 0.1) is 23.6 Å². The average molecular weight is 500 g/mol. The number of halogens is 1. The van der Waals surface area contributed by atoms with Crippen LogP contribution in [0.5, 0.6) is 0 Å². The molecule has 3 rings (SSSR count). The van der Waals surface area contributed by atoms with Crippen LogP contribution in [0.2, 0.25) is 0 Å². The van der Waals surface area contributed by atoms with E-state index in [0.717, 1.165) is 38.2 Å². The van der Waals surface area contributed by atoms with Gasteiger partial charge in [-0.25, -0.2) is 17.6 Å². The lowest BCUT2D eigenvalue weighted by Gasteiger charge is -2.37. The summed E-state index contributed by atoms with van der Waals surface area (Å²) in [5.41, 5.74) is -0.168. The molecule has 1 saturated carbocycles. The molecule has 192 valence electrons. The molecular formula is C25H38FNO6S. The summed E-state index contributed by atoms with van der Waals surface area (Å²) in [7, 11) is -3.68. The highest BCUT2D eigenvalue weighted by atomic mass is 32.2. The number of likely N-dealkylation sites (tertiary alicyclic amines) is 1. The minimum absolute atomic E-state index is 0.0898. The fourth-order valence-electron chi connectivity index (χ4n) is 5.13. The molecule has 34 heavy (non-hydrogen) atoms. The molecule has 0 unspecified atom stereocenters. The molecule has 1 aliphatic heterocycles. The van der Waals surface area contributed by atoms with Crippen LogP contribution in [-0.2, 0) is 25.9 Å². The number of hydrogen-bond donors (Lipinski definition) is 1. The topological polar surface area (TPSA) is 93.1 Å². The van der Waals surface area contributed by atoms with Crippen molar-refractivity contribution in [2.24, 2.45) is 17.8 Å². The summed E-state index contributed by atoms with van der Waals surface area (Å²) in [6, 6.07) is 3.81. The SMILES string of the molecule is CC(C)(C)OC(=O)N1CCC([C@@H]2CCC[C@H]2COCc2ccc(S(=O)(=O)CCO)cc2F)CC1. The highest BCUT2D eigenvalue weighted by Gasteiger charge is 2.37. The zero-order valence-corrected chi connectivity index (χ0v) is 21.3. The van der Waals surface area contributed by atoms with E-state index in [2.05, 4.69) is 0 Å². The van der Waals surface area contributed by atoms with E-state index in [1.165, 1.54) is 12.1 Å². The second kappa shape index (κ2) is 11.4. The Bertz CT molecular complexity index is 937. The Balaban J connectivity index is 1.48. The first-order chi connectivity index (χ1) is 16.0. The minimum atomic E-state index is -3.68. The number of hydrogen-bond acceptors (Lipinski definition) is 6. The smallest absolute Gasteiger partial charge is 0.410 e. The van der Waals surface area contributed by atoms with E-state index < -0.39 is 33.6 Å². The Hall–Kier alpha value is -1.71. The van der Waals surface area contributed by atoms with Crippen LogP contribution in [-0.4, -0.2) is 62.2 Å². The van der Waals surface area contributed by atoms with Gasteiger partial charge in [-0.3, -0.25) is 0 Å². The molecule has 1 aromatic carbocycles. The minimum Gasteiger partial charge on any atom is -0.444 e. The van der Waals surface area contributed by atoms with Gasteiger partial charge in [0, 0.05) is 18.7 Å². The first kappa shape index (κ1) is 26.9. The summed E-state index contributed by atoms with van der Waals surface area (Å²) < 4.78 is 49.8. The van der Waals surface area contributed by atoms with Crippen LogP contribution >= 0.6 is 0 Å². The molecule has 1 heterocycles. The van der Waals surface area contributed by atoms with Crippen molar-refractivity contribution in [3.63, 3.8) is 0 Å². The van der Waals surface area contributed by atoms with Crippen molar-refractivity contribution >= 4 is 15.9 Å². The molecule has 0 radical (unpaired) electrons. The van der Waals surface area contributed by atoms with Crippen LogP contribution in [0.1, 0.15) is 58.4 Å². The molecule has 1 amide bonds. The second-order valence-corrected chi connectivity index (χ2v) is 12.6. The molecule has 0 bridgehead atoms. The molecule has 2 fully saturated rings. The number of aliphatic hydroxyl groups excluding tert-OH is 1. The lowest BCUT2D eigenvalue weighted by atomic mass is 9.78. The van der Waals surface area contributed by atoms with Crippen molar-refractivity contribution in [3.05, 3.63) is 29.6 Å². The second-order valence-electron chi connectivity index (χ2n) is 10.5. The summed E-state index contributed by atoms with van der Waals surface area (Å²) in [6.45, 7) is 7.17. The third-order valence-corrected chi connectivity index (χ3v) is 8.54. The number of rotatable bonds is 8. The quantitative estimate of drug-likeness (QED) is 0.577. The number of ether oxygens (including phenoxy) is 2. The predicted octanol–water partition coefficient (Wildman–Crippen LogP) is 4.17. The number of aliphatic hydroxyl groups is 1. The van der Waals surface area contributed by atoms with E-state index in [-0.39, 0.29) is 17.6 Å². The van der Waals surface area contributed by atoms with Crippen molar-refractivity contribution < 1.29 is 32.2 Å². The van der Waals surface area contributed by atoms with Crippen molar-refractivity contribution in [3.8, 4) is 0 Å². The van der Waals surface area contributed by atoms with Crippen LogP contribution in [0.4, 0.5) is 9.18 Å². The maximum atomic E-state index is 14.4. The number of amides is 1. The number of carbonyl (C=O) groups is 1. The Morgan fingerprint density at radius 2 is 1.88 bits per heavy atom. The molecule has 0 aromatic heterocycles. The first-order valence-corrected chi connectivity index (χ1v) is 13.8. The van der Waals surface area contributed by atoms with Gasteiger partial charge in [-0.05, 0) is 76.3 Å². The zero-order valence-electron chi connectivity index (χ0n) is 20.5. The molecule has 1 saturated heterocycles. The van der Waals surface area contributed by atoms with Crippen LogP contribution in [0.25, 0.3) is 0 Å². The van der Waals surface area contributed by atoms with Crippen molar-refractivity contribution in [1.82, 2.24) is 4.90 Å². The monoisotopic (exact) mass is 499 g/mol. The van der Waals surface area contributed by atoms with E-state index in [4.69, 9.17) is 14.6 Å². The van der Waals surface area contributed by atoms with E-state index in [1.807, 2.05) is 20.8 Å². The molecule has 1 N–H and O–H groups in total. The van der Waals surface area contributed by atoms with Gasteiger partial charge in [-0.1, -0.05) is 12.5 Å². The van der Waals surface area contributed by atoms with Gasteiger partial charge in [-0.15, -0.1) is 0 Å². The first-order valence-electron chi connectivity index (χ1n) is 12.2. The van der Waals surface area contributed by atoms with E-state index in [1.54, 1.807) is 4.90 Å². The van der Waals surface area contributed by atoms with Gasteiger partial charge < -0.3 is 19.5 Å². The van der Waals surface area contributed by atoms with Gasteiger partial charge >= 0.3 is 6.09 Å². The molecule has 7 nitrogen and oxygen atoms in total. The normalized spacial score (nSPS) is 22.2. The van der Waals surface area contributed by atoms with Gasteiger partial charge in [0.15, 0.2) is 9.84 Å². The Morgan fingerprint density at radius 3 is 2.50 bits per heavy atom. The van der Waals surface area contributed by atoms with Gasteiger partial charge in [0.25, 0.3) is 0 Å². The Kier molecular flexibility index (Phi) is 8.98. The number of sulfone groups is 1. The van der Waals surface area contributed by atoms with Gasteiger partial charge in [0.1, 0.15) is 11.4 Å². The van der Waals surface area contributed by atoms with Crippen LogP contribution < -0.4 is 0 Å². The van der Waals surface area contributed by atoms with Gasteiger partial charge in [0.2, 0.25) is 0 Å². The maximum absolute atomic E-state index is 14.4. The number of nitrogens with zero attached hydrogens (tertiary/aromatic N) is 1. The standard InChI is InChI=1S/C25H38FNO6S/c1-25(2,3)33-24(29)27-11-9-18(10-12-27)22-6-4-5-19(22)16-32-17-20-7-8-21(15-23(20)26)34(30,31)14-13-28/h7-8,15,18-19,22,28H,4-6,9-14,16-17H2,1-3H3/t19-,22-/m0/s1. The predicted molar refractivity (Wildman–Crippen MR) is 127 cm³/mol. The van der Waals surface area contributed by atoms with Crippen molar-refractivity contribution in [2.75, 3.05) is 32.1 Å². The van der Waals surface area contributed by atoms with E-state index >= 15 is 0 Å². The summed E-state index contributed by atoms with van der Waals surface area (Å²) >= 11 is 0. The van der Waals surface area contributed by atoms with Crippen LogP contribution in [0.15, 0.2) is 23.1 Å². The van der Waals surface area contributed by atoms with Crippen molar-refractivity contribution in [2.45, 2.75) is 70.0 Å². The Labute approximate surface area is 202 Å². The number of piperidine rings is 1. The molecule has 2 aliphatic rings. The highest BCUT2D eigenvalue weighted by molar-refractivity contribution is 7.91. The summed E-state index contributed by atoms with van der Waals surface area (Å²) in [4.78, 5) is 14.0. The molecule has 0 spiro atoms. The van der Waals surface area contributed by atoms with E-state index in [0.29, 0.717) is 43.0 Å². The third-order valence-electron chi connectivity index (χ3n) is 6.85. The third kappa shape index (κ3) is 7.15. The average Bonchev–Trinajstić information content (AvgIpc) is 3.22. The molecule has 1 aliphatic carbocycles. The Morgan fingerprint density at radius 1 is 1.18 bits per heavy atom. The molecule has 1 aromatic rings. The fourth-order valence-corrected chi connectivity index (χ4v) is 6.16. The van der Waals surface area contributed by atoms with E-state index in [9.17, 15) is 17.6 Å². The molecular weight excluding hydrogens is 461 g/mol. The highest BCUT2D eigenvalue weighted by Crippen LogP contribution is 2.41. The number of benzene rings is 1. The largest absolute Gasteiger partial charge is 0.444 e. The zero-order chi connectivity index (χ0) is 24.9. The van der Waals surface area contributed by atoms with Crippen molar-refractivity contribution in [1.29, 1.82) is 0 Å². The summed E-state index contributed by atoms with van der Waals surface area (Å²) in [5, 5.41) is 8.88. The van der Waals surface area contributed by atoms with Crippen LogP contribution in [0.3, 0.4) is 0 Å². The summed E-state index contributed by atoms with van der Waals surface area (Å²) in [5.74, 6) is 0.447.